The first-order valence-corrected chi connectivity index (χ1v) is 7.87. The molecule has 1 saturated heterocycles. The molecule has 3 rings (SSSR count). The van der Waals surface area contributed by atoms with Gasteiger partial charge in [0.2, 0.25) is 0 Å². The summed E-state index contributed by atoms with van der Waals surface area (Å²) in [7, 11) is 3.28. The van der Waals surface area contributed by atoms with Gasteiger partial charge >= 0.3 is 0 Å². The number of nitrogens with one attached hydrogen (secondary N) is 1. The van der Waals surface area contributed by atoms with Crippen LogP contribution in [0.25, 0.3) is 0 Å². The van der Waals surface area contributed by atoms with E-state index in [1.165, 1.54) is 7.11 Å². The van der Waals surface area contributed by atoms with E-state index in [4.69, 9.17) is 10.5 Å². The van der Waals surface area contributed by atoms with Gasteiger partial charge in [-0.3, -0.25) is 4.68 Å². The molecule has 3 N–H and O–H groups in total. The molecule has 9 nitrogen and oxygen atoms in total. The Morgan fingerprint density at radius 2 is 2.32 bits per heavy atom. The lowest BCUT2D eigenvalue weighted by molar-refractivity contribution is 0.341. The van der Waals surface area contributed by atoms with Crippen molar-refractivity contribution in [1.29, 1.82) is 0 Å². The molecule has 0 spiro atoms. The van der Waals surface area contributed by atoms with E-state index in [1.54, 1.807) is 29.0 Å². The van der Waals surface area contributed by atoms with Crippen LogP contribution in [-0.2, 0) is 7.05 Å². The van der Waals surface area contributed by atoms with Gasteiger partial charge in [0, 0.05) is 25.5 Å². The summed E-state index contributed by atoms with van der Waals surface area (Å²) in [4.78, 5) is 17.9. The number of hydrogen-bond acceptors (Lipinski definition) is 4. The summed E-state index contributed by atoms with van der Waals surface area (Å²) in [5, 5.41) is 4.16. The fraction of sp³-hybridized carbons (Fsp3) is 0.467. The summed E-state index contributed by atoms with van der Waals surface area (Å²) in [5.74, 6) is 1.31. The number of aryl methyl sites for hydroxylation is 2. The molecule has 25 heavy (non-hydrogen) atoms. The van der Waals surface area contributed by atoms with Crippen LogP contribution in [0, 0.1) is 6.92 Å². The number of amidine groups is 1. The summed E-state index contributed by atoms with van der Waals surface area (Å²) in [5.41, 5.74) is 7.41. The molecule has 0 aromatic carbocycles. The molecule has 1 aliphatic heterocycles. The van der Waals surface area contributed by atoms with Gasteiger partial charge in [-0.15, -0.1) is 5.10 Å². The first kappa shape index (κ1) is 16.9. The second kappa shape index (κ2) is 6.91. The van der Waals surface area contributed by atoms with Crippen molar-refractivity contribution < 1.29 is 9.13 Å². The van der Waals surface area contributed by atoms with Crippen molar-refractivity contribution >= 4 is 17.5 Å². The van der Waals surface area contributed by atoms with Gasteiger partial charge in [0.25, 0.3) is 5.88 Å². The van der Waals surface area contributed by atoms with Crippen molar-refractivity contribution in [2.75, 3.05) is 20.2 Å². The molecular weight excluding hydrogens is 327 g/mol. The lowest BCUT2D eigenvalue weighted by Crippen LogP contribution is -2.36. The number of imidazole rings is 1. The van der Waals surface area contributed by atoms with Gasteiger partial charge in [0.15, 0.2) is 17.6 Å². The van der Waals surface area contributed by atoms with Gasteiger partial charge in [-0.05, 0) is 13.3 Å². The molecule has 0 bridgehead atoms. The zero-order valence-corrected chi connectivity index (χ0v) is 14.4. The molecule has 2 aromatic heterocycles. The van der Waals surface area contributed by atoms with Gasteiger partial charge in [-0.2, -0.15) is 4.99 Å². The van der Waals surface area contributed by atoms with E-state index in [0.29, 0.717) is 30.4 Å². The van der Waals surface area contributed by atoms with Crippen LogP contribution in [0.2, 0.25) is 0 Å². The van der Waals surface area contributed by atoms with Crippen molar-refractivity contribution in [3.8, 4) is 5.88 Å². The van der Waals surface area contributed by atoms with Crippen LogP contribution < -0.4 is 10.5 Å². The topological polar surface area (TPSA) is 110 Å². The zero-order valence-electron chi connectivity index (χ0n) is 14.4. The van der Waals surface area contributed by atoms with Crippen molar-refractivity contribution in [2.45, 2.75) is 19.5 Å². The molecule has 3 heterocycles. The molecule has 0 amide bonds. The normalized spacial score (nSPS) is 18.9. The van der Waals surface area contributed by atoms with Gasteiger partial charge in [0.1, 0.15) is 11.9 Å². The highest BCUT2D eigenvalue weighted by Gasteiger charge is 2.24. The molecule has 0 unspecified atom stereocenters. The molecule has 1 fully saturated rings. The van der Waals surface area contributed by atoms with E-state index in [9.17, 15) is 4.39 Å². The number of alkyl halides is 1. The number of nitrogens with two attached hydrogens (primary N) is 1. The van der Waals surface area contributed by atoms with Crippen molar-refractivity contribution in [3.05, 3.63) is 23.9 Å². The average molecular weight is 348 g/mol. The number of rotatable bonds is 3. The Balaban J connectivity index is 1.99. The highest BCUT2D eigenvalue weighted by molar-refractivity contribution is 6.04. The highest BCUT2D eigenvalue weighted by Crippen LogP contribution is 2.25. The molecular formula is C15H21FN8O. The van der Waals surface area contributed by atoms with E-state index < -0.39 is 6.17 Å². The van der Waals surface area contributed by atoms with Crippen molar-refractivity contribution in [1.82, 2.24) is 24.6 Å². The SMILES string of the molecule is COc1nn(C)cc1N=C(N=C(N)N1CC[C@H](F)C1)c1ncc(C)[nH]1. The summed E-state index contributed by atoms with van der Waals surface area (Å²) in [6, 6.07) is 0. The summed E-state index contributed by atoms with van der Waals surface area (Å²) < 4.78 is 20.2. The quantitative estimate of drug-likeness (QED) is 0.632. The number of aromatic nitrogens is 4. The first-order valence-electron chi connectivity index (χ1n) is 7.87. The number of H-pyrrole nitrogens is 1. The second-order valence-electron chi connectivity index (χ2n) is 5.85. The van der Waals surface area contributed by atoms with Crippen LogP contribution in [0.5, 0.6) is 5.88 Å². The van der Waals surface area contributed by atoms with Gasteiger partial charge in [-0.25, -0.2) is 14.4 Å². The zero-order chi connectivity index (χ0) is 18.0. The number of likely N-dealkylation sites (tertiary alicyclic amines) is 1. The Morgan fingerprint density at radius 1 is 1.52 bits per heavy atom. The second-order valence-corrected chi connectivity index (χ2v) is 5.85. The van der Waals surface area contributed by atoms with E-state index >= 15 is 0 Å². The smallest absolute Gasteiger partial charge is 0.258 e. The Labute approximate surface area is 144 Å². The number of guanidine groups is 1. The minimum Gasteiger partial charge on any atom is -0.478 e. The third-order valence-electron chi connectivity index (χ3n) is 3.79. The van der Waals surface area contributed by atoms with Gasteiger partial charge in [-0.1, -0.05) is 0 Å². The number of aliphatic imine (C=N–C) groups is 2. The lowest BCUT2D eigenvalue weighted by Gasteiger charge is -2.15. The Morgan fingerprint density at radius 3 is 2.92 bits per heavy atom. The summed E-state index contributed by atoms with van der Waals surface area (Å²) >= 11 is 0. The lowest BCUT2D eigenvalue weighted by atomic mass is 10.3. The van der Waals surface area contributed by atoms with Crippen molar-refractivity contribution in [3.63, 3.8) is 0 Å². The standard InChI is InChI=1S/C15H21FN8O/c1-9-6-18-12(19-9)13(20-11-8-23(2)22-14(11)25-3)21-15(17)24-5-4-10(16)7-24/h6,8,10H,4-5,7H2,1-3H3,(H,18,19)(H2,17,20,21)/t10-/m0/s1. The fourth-order valence-corrected chi connectivity index (χ4v) is 2.55. The monoisotopic (exact) mass is 348 g/mol. The molecule has 0 aliphatic carbocycles. The molecule has 2 aromatic rings. The minimum absolute atomic E-state index is 0.204. The maximum Gasteiger partial charge on any atom is 0.258 e. The van der Waals surface area contributed by atoms with Crippen LogP contribution in [-0.4, -0.2) is 62.8 Å². The molecule has 1 aliphatic rings. The molecule has 134 valence electrons. The third kappa shape index (κ3) is 3.78. The van der Waals surface area contributed by atoms with Crippen LogP contribution in [0.4, 0.5) is 10.1 Å². The van der Waals surface area contributed by atoms with Crippen LogP contribution in [0.15, 0.2) is 22.4 Å². The average Bonchev–Trinajstić information content (AvgIpc) is 3.27. The Hall–Kier alpha value is -2.91. The van der Waals surface area contributed by atoms with E-state index in [-0.39, 0.29) is 18.3 Å². The van der Waals surface area contributed by atoms with E-state index in [1.807, 2.05) is 6.92 Å². The minimum atomic E-state index is -0.890. The fourth-order valence-electron chi connectivity index (χ4n) is 2.55. The number of hydrogen-bond donors (Lipinski definition) is 2. The Kier molecular flexibility index (Phi) is 4.68. The molecule has 0 radical (unpaired) electrons. The predicted molar refractivity (Wildman–Crippen MR) is 92.0 cm³/mol. The number of ether oxygens (including phenoxy) is 1. The number of methoxy groups -OCH3 is 1. The van der Waals surface area contributed by atoms with Crippen molar-refractivity contribution in [2.24, 2.45) is 22.8 Å². The first-order chi connectivity index (χ1) is 12.0. The molecule has 1 atom stereocenters. The predicted octanol–water partition coefficient (Wildman–Crippen LogP) is 0.897. The molecule has 0 saturated carbocycles. The maximum atomic E-state index is 13.4. The van der Waals surface area contributed by atoms with E-state index in [2.05, 4.69) is 25.1 Å². The molecule has 10 heteroatoms. The largest absolute Gasteiger partial charge is 0.478 e. The highest BCUT2D eigenvalue weighted by atomic mass is 19.1. The number of halogens is 1. The van der Waals surface area contributed by atoms with Gasteiger partial charge < -0.3 is 20.4 Å². The van der Waals surface area contributed by atoms with Crippen LogP contribution >= 0.6 is 0 Å². The maximum absolute atomic E-state index is 13.4. The Bertz CT molecular complexity index is 808. The third-order valence-corrected chi connectivity index (χ3v) is 3.79. The number of aromatic amines is 1. The number of nitrogens with zero attached hydrogens (tertiary/aromatic N) is 6. The van der Waals surface area contributed by atoms with Crippen LogP contribution in [0.3, 0.4) is 0 Å². The van der Waals surface area contributed by atoms with Gasteiger partial charge in [0.05, 0.1) is 19.9 Å². The summed E-state index contributed by atoms with van der Waals surface area (Å²) in [6.07, 6.45) is 2.93. The van der Waals surface area contributed by atoms with E-state index in [0.717, 1.165) is 5.69 Å². The van der Waals surface area contributed by atoms with Crippen LogP contribution in [0.1, 0.15) is 17.9 Å². The summed E-state index contributed by atoms with van der Waals surface area (Å²) in [6.45, 7) is 2.63.